The lowest BCUT2D eigenvalue weighted by molar-refractivity contribution is 0.183. The van der Waals surface area contributed by atoms with Gasteiger partial charge in [-0.05, 0) is 68.9 Å². The van der Waals surface area contributed by atoms with E-state index in [1.807, 2.05) is 0 Å². The van der Waals surface area contributed by atoms with E-state index in [9.17, 15) is 8.78 Å². The Labute approximate surface area is 173 Å². The van der Waals surface area contributed by atoms with Crippen molar-refractivity contribution in [2.45, 2.75) is 25.7 Å². The zero-order chi connectivity index (χ0) is 17.5. The van der Waals surface area contributed by atoms with Crippen LogP contribution in [0.5, 0.6) is 0 Å². The van der Waals surface area contributed by atoms with Gasteiger partial charge >= 0.3 is 0 Å². The highest BCUT2D eigenvalue weighted by Gasteiger charge is 2.19. The van der Waals surface area contributed by atoms with Crippen LogP contribution in [0, 0.1) is 17.6 Å². The molecule has 1 N–H and O–H groups in total. The van der Waals surface area contributed by atoms with Gasteiger partial charge in [0.1, 0.15) is 17.3 Å². The number of hydrogen-bond donors (Lipinski definition) is 1. The molecule has 3 rings (SSSR count). The third kappa shape index (κ3) is 7.28. The summed E-state index contributed by atoms with van der Waals surface area (Å²) in [6.07, 6.45) is 4.51. The summed E-state index contributed by atoms with van der Waals surface area (Å²) in [6, 6.07) is 14.6. The Morgan fingerprint density at radius 1 is 0.889 bits per heavy atom. The lowest BCUT2D eigenvalue weighted by Gasteiger charge is -2.32. The first-order chi connectivity index (χ1) is 12.2. The minimum atomic E-state index is -0.526. The molecule has 0 spiro atoms. The Kier molecular flexibility index (Phi) is 10.7. The van der Waals surface area contributed by atoms with Crippen LogP contribution in [0.4, 0.5) is 14.5 Å². The SMILES string of the molecule is Cl.Cl.Fc1cccc(F)c1NCCCN1CCC(Cc2ccccc2)CC1. The molecule has 0 bridgehead atoms. The van der Waals surface area contributed by atoms with Crippen molar-refractivity contribution in [2.75, 3.05) is 31.5 Å². The normalized spacial score (nSPS) is 14.9. The van der Waals surface area contributed by atoms with E-state index in [0.29, 0.717) is 6.54 Å². The van der Waals surface area contributed by atoms with E-state index in [0.717, 1.165) is 32.0 Å². The maximum Gasteiger partial charge on any atom is 0.149 e. The quantitative estimate of drug-likeness (QED) is 0.593. The van der Waals surface area contributed by atoms with E-state index in [1.54, 1.807) is 0 Å². The molecule has 1 heterocycles. The minimum Gasteiger partial charge on any atom is -0.380 e. The summed E-state index contributed by atoms with van der Waals surface area (Å²) < 4.78 is 27.1. The fourth-order valence-electron chi connectivity index (χ4n) is 3.54. The topological polar surface area (TPSA) is 15.3 Å². The summed E-state index contributed by atoms with van der Waals surface area (Å²) in [5, 5.41) is 2.89. The lowest BCUT2D eigenvalue weighted by atomic mass is 9.90. The molecule has 0 unspecified atom stereocenters. The van der Waals surface area contributed by atoms with Crippen molar-refractivity contribution in [2.24, 2.45) is 5.92 Å². The van der Waals surface area contributed by atoms with Crippen molar-refractivity contribution in [3.8, 4) is 0 Å². The molecule has 0 atom stereocenters. The average Bonchev–Trinajstić information content (AvgIpc) is 2.63. The molecule has 1 saturated heterocycles. The Morgan fingerprint density at radius 2 is 1.52 bits per heavy atom. The molecule has 27 heavy (non-hydrogen) atoms. The van der Waals surface area contributed by atoms with Crippen LogP contribution in [0.15, 0.2) is 48.5 Å². The number of para-hydroxylation sites is 1. The second kappa shape index (κ2) is 12.2. The zero-order valence-electron chi connectivity index (χ0n) is 15.4. The number of likely N-dealkylation sites (tertiary alicyclic amines) is 1. The molecule has 2 aromatic carbocycles. The number of nitrogens with one attached hydrogen (secondary N) is 1. The van der Waals surface area contributed by atoms with Gasteiger partial charge in [0.25, 0.3) is 0 Å². The predicted octanol–water partition coefficient (Wildman–Crippen LogP) is 5.57. The Hall–Kier alpha value is -1.36. The van der Waals surface area contributed by atoms with Crippen LogP contribution in [-0.4, -0.2) is 31.1 Å². The molecular formula is C21H28Cl2F2N2. The molecule has 0 aromatic heterocycles. The smallest absolute Gasteiger partial charge is 0.149 e. The third-order valence-corrected chi connectivity index (χ3v) is 4.99. The number of piperidine rings is 1. The lowest BCUT2D eigenvalue weighted by Crippen LogP contribution is -2.35. The van der Waals surface area contributed by atoms with Crippen LogP contribution in [0.3, 0.4) is 0 Å². The summed E-state index contributed by atoms with van der Waals surface area (Å²) in [7, 11) is 0. The van der Waals surface area contributed by atoms with Gasteiger partial charge in [0, 0.05) is 6.54 Å². The standard InChI is InChI=1S/C21H26F2N2.2ClH/c22-19-8-4-9-20(23)21(19)24-12-5-13-25-14-10-18(11-15-25)16-17-6-2-1-3-7-17;;/h1-4,6-9,18,24H,5,10-16H2;2*1H. The molecule has 0 saturated carbocycles. The van der Waals surface area contributed by atoms with Crippen LogP contribution < -0.4 is 5.32 Å². The van der Waals surface area contributed by atoms with Crippen LogP contribution in [-0.2, 0) is 6.42 Å². The van der Waals surface area contributed by atoms with Gasteiger partial charge in [-0.15, -0.1) is 24.8 Å². The number of anilines is 1. The van der Waals surface area contributed by atoms with Crippen LogP contribution in [0.25, 0.3) is 0 Å². The summed E-state index contributed by atoms with van der Waals surface area (Å²) >= 11 is 0. The van der Waals surface area contributed by atoms with Crippen LogP contribution in [0.1, 0.15) is 24.8 Å². The number of nitrogens with zero attached hydrogens (tertiary/aromatic N) is 1. The van der Waals surface area contributed by atoms with Crippen molar-refractivity contribution >= 4 is 30.5 Å². The van der Waals surface area contributed by atoms with E-state index in [2.05, 4.69) is 40.5 Å². The second-order valence-corrected chi connectivity index (χ2v) is 6.85. The minimum absolute atomic E-state index is 0. The van der Waals surface area contributed by atoms with Crippen molar-refractivity contribution in [3.05, 3.63) is 65.7 Å². The Balaban J connectivity index is 0.00000182. The fourth-order valence-corrected chi connectivity index (χ4v) is 3.54. The van der Waals surface area contributed by atoms with Gasteiger partial charge in [-0.25, -0.2) is 8.78 Å². The number of halogens is 4. The molecule has 150 valence electrons. The van der Waals surface area contributed by atoms with Gasteiger partial charge in [0.2, 0.25) is 0 Å². The fraction of sp³-hybridized carbons (Fsp3) is 0.429. The molecular weight excluding hydrogens is 389 g/mol. The van der Waals surface area contributed by atoms with Crippen molar-refractivity contribution < 1.29 is 8.78 Å². The summed E-state index contributed by atoms with van der Waals surface area (Å²) in [6.45, 7) is 3.79. The summed E-state index contributed by atoms with van der Waals surface area (Å²) in [5.41, 5.74) is 1.42. The van der Waals surface area contributed by atoms with Gasteiger partial charge in [-0.3, -0.25) is 0 Å². The second-order valence-electron chi connectivity index (χ2n) is 6.85. The van der Waals surface area contributed by atoms with Crippen molar-refractivity contribution in [1.82, 2.24) is 4.90 Å². The maximum absolute atomic E-state index is 13.5. The van der Waals surface area contributed by atoms with Gasteiger partial charge in [0.05, 0.1) is 0 Å². The Bertz CT molecular complexity index is 642. The zero-order valence-corrected chi connectivity index (χ0v) is 17.0. The average molecular weight is 417 g/mol. The summed E-state index contributed by atoms with van der Waals surface area (Å²) in [5.74, 6) is -0.285. The molecule has 1 aliphatic heterocycles. The molecule has 1 aliphatic rings. The first kappa shape index (κ1) is 23.7. The van der Waals surface area contributed by atoms with Gasteiger partial charge in [0.15, 0.2) is 0 Å². The van der Waals surface area contributed by atoms with Gasteiger partial charge < -0.3 is 10.2 Å². The first-order valence-corrected chi connectivity index (χ1v) is 9.16. The molecule has 0 aliphatic carbocycles. The molecule has 2 nitrogen and oxygen atoms in total. The van der Waals surface area contributed by atoms with Crippen LogP contribution in [0.2, 0.25) is 0 Å². The molecule has 1 fully saturated rings. The highest BCUT2D eigenvalue weighted by atomic mass is 35.5. The van der Waals surface area contributed by atoms with E-state index in [4.69, 9.17) is 0 Å². The largest absolute Gasteiger partial charge is 0.380 e. The van der Waals surface area contributed by atoms with E-state index in [-0.39, 0.29) is 30.5 Å². The summed E-state index contributed by atoms with van der Waals surface area (Å²) in [4.78, 5) is 2.46. The van der Waals surface area contributed by atoms with E-state index >= 15 is 0 Å². The number of benzene rings is 2. The molecule has 0 radical (unpaired) electrons. The van der Waals surface area contributed by atoms with Crippen molar-refractivity contribution in [1.29, 1.82) is 0 Å². The maximum atomic E-state index is 13.5. The third-order valence-electron chi connectivity index (χ3n) is 4.99. The van der Waals surface area contributed by atoms with Crippen LogP contribution >= 0.6 is 24.8 Å². The molecule has 0 amide bonds. The molecule has 6 heteroatoms. The van der Waals surface area contributed by atoms with E-state index < -0.39 is 11.6 Å². The monoisotopic (exact) mass is 416 g/mol. The predicted molar refractivity (Wildman–Crippen MR) is 113 cm³/mol. The van der Waals surface area contributed by atoms with Crippen molar-refractivity contribution in [3.63, 3.8) is 0 Å². The highest BCUT2D eigenvalue weighted by Crippen LogP contribution is 2.22. The number of rotatable bonds is 7. The first-order valence-electron chi connectivity index (χ1n) is 9.16. The van der Waals surface area contributed by atoms with E-state index in [1.165, 1.54) is 43.0 Å². The van der Waals surface area contributed by atoms with Gasteiger partial charge in [-0.1, -0.05) is 36.4 Å². The van der Waals surface area contributed by atoms with Gasteiger partial charge in [-0.2, -0.15) is 0 Å². The Morgan fingerprint density at radius 3 is 2.15 bits per heavy atom. The number of hydrogen-bond acceptors (Lipinski definition) is 2. The molecule has 2 aromatic rings. The highest BCUT2D eigenvalue weighted by molar-refractivity contribution is 5.85.